The Morgan fingerprint density at radius 3 is 2.50 bits per heavy atom. The Kier molecular flexibility index (Phi) is 9.15. The number of carbonyl (C=O) groups is 2. The summed E-state index contributed by atoms with van der Waals surface area (Å²) in [7, 11) is 0. The van der Waals surface area contributed by atoms with Crippen LogP contribution in [0.15, 0.2) is 72.6 Å². The molecule has 0 unspecified atom stereocenters. The van der Waals surface area contributed by atoms with Crippen molar-refractivity contribution in [1.29, 1.82) is 5.26 Å². The van der Waals surface area contributed by atoms with E-state index in [4.69, 9.17) is 15.5 Å². The maximum atomic E-state index is 15.7. The molecule has 0 spiro atoms. The number of likely N-dealkylation sites (tertiary alicyclic amines) is 1. The SMILES string of the molecule is CC(=O)N1CCN(C(C)(C)C=C(C#N)C(=O)N2CCC[C@@H](c3nc(-c4ccc(Oc5ccccc5)cc4F)c4c(N)nccn34)C2)CC1. The van der Waals surface area contributed by atoms with E-state index in [1.165, 1.54) is 6.07 Å². The summed E-state index contributed by atoms with van der Waals surface area (Å²) in [5, 5.41) is 10.1. The molecule has 11 nitrogen and oxygen atoms in total. The lowest BCUT2D eigenvalue weighted by Crippen LogP contribution is -2.55. The maximum Gasteiger partial charge on any atom is 0.264 e. The number of nitrogen functional groups attached to an aromatic ring is 1. The minimum absolute atomic E-state index is 0.0448. The monoisotopic (exact) mass is 650 g/mol. The third-order valence-electron chi connectivity index (χ3n) is 9.25. The molecule has 2 aliphatic rings. The quantitative estimate of drug-likeness (QED) is 0.218. The van der Waals surface area contributed by atoms with Gasteiger partial charge in [0.25, 0.3) is 5.91 Å². The van der Waals surface area contributed by atoms with E-state index in [1.54, 1.807) is 59.5 Å². The van der Waals surface area contributed by atoms with Gasteiger partial charge in [-0.1, -0.05) is 18.2 Å². The summed E-state index contributed by atoms with van der Waals surface area (Å²) in [5.74, 6) is 0.788. The molecule has 1 atom stereocenters. The van der Waals surface area contributed by atoms with E-state index >= 15 is 4.39 Å². The Bertz CT molecular complexity index is 1910. The van der Waals surface area contributed by atoms with E-state index in [1.807, 2.05) is 36.4 Å². The van der Waals surface area contributed by atoms with Crippen LogP contribution in [0.25, 0.3) is 16.8 Å². The molecule has 0 radical (unpaired) electrons. The summed E-state index contributed by atoms with van der Waals surface area (Å²) in [6.07, 6.45) is 6.51. The normalized spacial score (nSPS) is 17.7. The molecule has 2 saturated heterocycles. The lowest BCUT2D eigenvalue weighted by Gasteiger charge is -2.42. The lowest BCUT2D eigenvalue weighted by molar-refractivity contribution is -0.131. The van der Waals surface area contributed by atoms with Crippen LogP contribution >= 0.6 is 0 Å². The number of piperidine rings is 1. The van der Waals surface area contributed by atoms with Gasteiger partial charge in [-0.2, -0.15) is 5.26 Å². The molecule has 0 aliphatic carbocycles. The molecule has 2 N–H and O–H groups in total. The van der Waals surface area contributed by atoms with Crippen molar-refractivity contribution in [1.82, 2.24) is 29.1 Å². The second kappa shape index (κ2) is 13.4. The number of carbonyl (C=O) groups excluding carboxylic acids is 2. The average Bonchev–Trinajstić information content (AvgIpc) is 3.48. The first-order valence-electron chi connectivity index (χ1n) is 16.1. The number of piperazine rings is 1. The average molecular weight is 651 g/mol. The molecule has 2 aromatic heterocycles. The summed E-state index contributed by atoms with van der Waals surface area (Å²) in [6, 6.07) is 15.9. The predicted octanol–water partition coefficient (Wildman–Crippen LogP) is 5.01. The number of anilines is 1. The number of imidazole rings is 1. The number of halogens is 1. The first-order valence-corrected chi connectivity index (χ1v) is 16.1. The number of fused-ring (bicyclic) bond motifs is 1. The molecule has 248 valence electrons. The van der Waals surface area contributed by atoms with Gasteiger partial charge in [0.15, 0.2) is 0 Å². The number of nitrogens with two attached hydrogens (primary N) is 1. The number of nitrogens with zero attached hydrogens (tertiary/aromatic N) is 7. The van der Waals surface area contributed by atoms with E-state index in [0.29, 0.717) is 74.2 Å². The van der Waals surface area contributed by atoms with Crippen LogP contribution in [0.2, 0.25) is 0 Å². The minimum Gasteiger partial charge on any atom is -0.457 e. The third-order valence-corrected chi connectivity index (χ3v) is 9.25. The fourth-order valence-electron chi connectivity index (χ4n) is 6.67. The number of ether oxygens (including phenoxy) is 1. The van der Waals surface area contributed by atoms with Crippen molar-refractivity contribution in [3.8, 4) is 28.8 Å². The van der Waals surface area contributed by atoms with E-state index in [9.17, 15) is 14.9 Å². The van der Waals surface area contributed by atoms with Gasteiger partial charge in [0, 0.05) is 81.7 Å². The fraction of sp³-hybridized carbons (Fsp3) is 0.361. The molecule has 12 heteroatoms. The van der Waals surface area contributed by atoms with Gasteiger partial charge in [-0.05, 0) is 57.0 Å². The predicted molar refractivity (Wildman–Crippen MR) is 179 cm³/mol. The van der Waals surface area contributed by atoms with Crippen molar-refractivity contribution in [2.75, 3.05) is 45.0 Å². The Morgan fingerprint density at radius 2 is 1.81 bits per heavy atom. The van der Waals surface area contributed by atoms with Crippen LogP contribution in [-0.4, -0.2) is 85.7 Å². The molecule has 2 amide bonds. The zero-order valence-electron chi connectivity index (χ0n) is 27.4. The molecule has 4 heterocycles. The van der Waals surface area contributed by atoms with Crippen LogP contribution < -0.4 is 10.5 Å². The summed E-state index contributed by atoms with van der Waals surface area (Å²) in [6.45, 7) is 8.88. The molecular formula is C36H39FN8O3. The third kappa shape index (κ3) is 6.59. The van der Waals surface area contributed by atoms with Crippen molar-refractivity contribution in [3.05, 3.63) is 84.2 Å². The highest BCUT2D eigenvalue weighted by Crippen LogP contribution is 2.36. The number of para-hydroxylation sites is 1. The van der Waals surface area contributed by atoms with Gasteiger partial charge >= 0.3 is 0 Å². The molecule has 6 rings (SSSR count). The van der Waals surface area contributed by atoms with Crippen molar-refractivity contribution < 1.29 is 18.7 Å². The first kappa shape index (κ1) is 32.7. The molecular weight excluding hydrogens is 611 g/mol. The van der Waals surface area contributed by atoms with Crippen molar-refractivity contribution >= 4 is 23.1 Å². The topological polar surface area (TPSA) is 133 Å². The molecule has 2 aromatic carbocycles. The number of aromatic nitrogens is 3. The minimum atomic E-state index is -0.566. The van der Waals surface area contributed by atoms with E-state index in [-0.39, 0.29) is 34.7 Å². The molecule has 2 aliphatic heterocycles. The van der Waals surface area contributed by atoms with Crippen LogP contribution in [-0.2, 0) is 9.59 Å². The van der Waals surface area contributed by atoms with Gasteiger partial charge in [-0.3, -0.25) is 18.9 Å². The second-order valence-electron chi connectivity index (χ2n) is 12.8. The largest absolute Gasteiger partial charge is 0.457 e. The number of benzene rings is 2. The van der Waals surface area contributed by atoms with Crippen LogP contribution in [0.5, 0.6) is 11.5 Å². The molecule has 4 aromatic rings. The van der Waals surface area contributed by atoms with Gasteiger partial charge in [-0.25, -0.2) is 14.4 Å². The molecule has 48 heavy (non-hydrogen) atoms. The number of nitriles is 1. The van der Waals surface area contributed by atoms with Crippen LogP contribution in [0.4, 0.5) is 10.2 Å². The number of hydrogen-bond donors (Lipinski definition) is 1. The summed E-state index contributed by atoms with van der Waals surface area (Å²) in [5.41, 5.74) is 6.95. The number of rotatable bonds is 7. The fourth-order valence-corrected chi connectivity index (χ4v) is 6.67. The van der Waals surface area contributed by atoms with Crippen LogP contribution in [0.1, 0.15) is 45.4 Å². The Morgan fingerprint density at radius 1 is 1.06 bits per heavy atom. The van der Waals surface area contributed by atoms with E-state index < -0.39 is 11.4 Å². The zero-order chi connectivity index (χ0) is 34.0. The van der Waals surface area contributed by atoms with Crippen molar-refractivity contribution in [2.45, 2.75) is 45.1 Å². The van der Waals surface area contributed by atoms with Crippen LogP contribution in [0.3, 0.4) is 0 Å². The van der Waals surface area contributed by atoms with E-state index in [0.717, 1.165) is 6.42 Å². The number of amides is 2. The van der Waals surface area contributed by atoms with Crippen LogP contribution in [0, 0.1) is 17.1 Å². The maximum absolute atomic E-state index is 15.7. The Hall–Kier alpha value is -5.28. The van der Waals surface area contributed by atoms with Gasteiger partial charge < -0.3 is 20.3 Å². The standard InChI is InChI=1S/C36H39FN8O3/c1-24(46)42-16-18-44(19-17-42)36(2,3)21-26(22-38)35(47)43-14-7-8-25(23-43)34-41-31(32-33(39)40-13-15-45(32)34)29-12-11-28(20-30(29)37)48-27-9-5-4-6-10-27/h4-6,9-13,15,20-21,25H,7-8,14,16-19,23H2,1-3H3,(H2,39,40)/t25-/m1/s1. The highest BCUT2D eigenvalue weighted by atomic mass is 19.1. The lowest BCUT2D eigenvalue weighted by atomic mass is 9.94. The summed E-state index contributed by atoms with van der Waals surface area (Å²) in [4.78, 5) is 40.5. The Balaban J connectivity index is 1.25. The first-order chi connectivity index (χ1) is 23.1. The van der Waals surface area contributed by atoms with Crippen molar-refractivity contribution in [2.24, 2.45) is 0 Å². The molecule has 0 bridgehead atoms. The van der Waals surface area contributed by atoms with Gasteiger partial charge in [0.2, 0.25) is 5.91 Å². The van der Waals surface area contributed by atoms with Gasteiger partial charge in [0.05, 0.1) is 0 Å². The van der Waals surface area contributed by atoms with Gasteiger partial charge in [0.1, 0.15) is 51.8 Å². The summed E-state index contributed by atoms with van der Waals surface area (Å²) >= 11 is 0. The second-order valence-corrected chi connectivity index (χ2v) is 12.8. The number of hydrogen-bond acceptors (Lipinski definition) is 8. The van der Waals surface area contributed by atoms with E-state index in [2.05, 4.69) is 16.0 Å². The zero-order valence-corrected chi connectivity index (χ0v) is 27.4. The highest BCUT2D eigenvalue weighted by molar-refractivity contribution is 5.97. The summed E-state index contributed by atoms with van der Waals surface area (Å²) < 4.78 is 23.3. The van der Waals surface area contributed by atoms with Crippen molar-refractivity contribution in [3.63, 3.8) is 0 Å². The molecule has 2 fully saturated rings. The smallest absolute Gasteiger partial charge is 0.264 e. The molecule has 0 saturated carbocycles. The van der Waals surface area contributed by atoms with Gasteiger partial charge in [-0.15, -0.1) is 0 Å². The highest BCUT2D eigenvalue weighted by Gasteiger charge is 2.34. The Labute approximate surface area is 279 Å².